The molecule has 7 nitrogen and oxygen atoms in total. The van der Waals surface area contributed by atoms with Gasteiger partial charge in [-0.25, -0.2) is 18.2 Å². The van der Waals surface area contributed by atoms with Crippen LogP contribution in [-0.2, 0) is 11.3 Å². The first-order valence-corrected chi connectivity index (χ1v) is 9.68. The molecule has 0 aliphatic heterocycles. The van der Waals surface area contributed by atoms with Crippen LogP contribution in [0.4, 0.5) is 14.5 Å². The molecular weight excluding hydrogens is 416 g/mol. The van der Waals surface area contributed by atoms with Crippen LogP contribution < -0.4 is 10.9 Å². The Bertz CT molecular complexity index is 1540. The van der Waals surface area contributed by atoms with Crippen molar-refractivity contribution in [2.45, 2.75) is 6.54 Å². The van der Waals surface area contributed by atoms with Gasteiger partial charge < -0.3 is 9.88 Å². The molecule has 0 unspecified atom stereocenters. The minimum absolute atomic E-state index is 0.231. The molecule has 3 heterocycles. The standard InChI is InChI=1S/C23H15F2N5O2/c24-14-8-9-15(25)17(11-14)27-21(31)13-29-19-6-1-2-7-20(19)30-22(32)12-18(28-23(29)30)16-5-3-4-10-26-16/h1-12H,13H2,(H,27,31). The summed E-state index contributed by atoms with van der Waals surface area (Å²) in [7, 11) is 0. The molecule has 0 spiro atoms. The van der Waals surface area contributed by atoms with E-state index in [-0.39, 0.29) is 23.6 Å². The lowest BCUT2D eigenvalue weighted by Crippen LogP contribution is -2.21. The summed E-state index contributed by atoms with van der Waals surface area (Å²) in [6, 6.07) is 16.5. The molecule has 5 aromatic rings. The molecule has 0 atom stereocenters. The fourth-order valence-electron chi connectivity index (χ4n) is 3.59. The van der Waals surface area contributed by atoms with Crippen molar-refractivity contribution in [3.05, 3.63) is 94.9 Å². The minimum atomic E-state index is -0.756. The molecule has 0 radical (unpaired) electrons. The van der Waals surface area contributed by atoms with E-state index in [4.69, 9.17) is 0 Å². The number of hydrogen-bond donors (Lipinski definition) is 1. The Morgan fingerprint density at radius 2 is 1.72 bits per heavy atom. The smallest absolute Gasteiger partial charge is 0.260 e. The zero-order valence-electron chi connectivity index (χ0n) is 16.5. The van der Waals surface area contributed by atoms with Crippen LogP contribution in [0.5, 0.6) is 0 Å². The van der Waals surface area contributed by atoms with E-state index in [1.54, 1.807) is 53.2 Å². The van der Waals surface area contributed by atoms with Crippen molar-refractivity contribution in [2.75, 3.05) is 5.32 Å². The van der Waals surface area contributed by atoms with E-state index in [1.165, 1.54) is 10.5 Å². The van der Waals surface area contributed by atoms with Crippen LogP contribution in [0.3, 0.4) is 0 Å². The van der Waals surface area contributed by atoms with Crippen LogP contribution in [0.1, 0.15) is 0 Å². The number of rotatable bonds is 4. The number of hydrogen-bond acceptors (Lipinski definition) is 4. The molecule has 2 aromatic carbocycles. The number of nitrogens with one attached hydrogen (secondary N) is 1. The summed E-state index contributed by atoms with van der Waals surface area (Å²) in [5, 5.41) is 2.38. The van der Waals surface area contributed by atoms with E-state index in [1.807, 2.05) is 0 Å². The van der Waals surface area contributed by atoms with Gasteiger partial charge in [0.15, 0.2) is 0 Å². The molecule has 0 aliphatic carbocycles. The summed E-state index contributed by atoms with van der Waals surface area (Å²) in [4.78, 5) is 34.5. The second-order valence-electron chi connectivity index (χ2n) is 7.08. The summed E-state index contributed by atoms with van der Waals surface area (Å²) in [5.74, 6) is -1.80. The van der Waals surface area contributed by atoms with Crippen molar-refractivity contribution >= 4 is 28.4 Å². The van der Waals surface area contributed by atoms with Gasteiger partial charge in [0.25, 0.3) is 5.56 Å². The maximum atomic E-state index is 14.0. The molecule has 9 heteroatoms. The molecule has 32 heavy (non-hydrogen) atoms. The number of amides is 1. The predicted octanol–water partition coefficient (Wildman–Crippen LogP) is 3.63. The molecular formula is C23H15F2N5O2. The third kappa shape index (κ3) is 3.39. The van der Waals surface area contributed by atoms with Crippen LogP contribution in [0, 0.1) is 11.6 Å². The van der Waals surface area contributed by atoms with E-state index in [0.717, 1.165) is 18.2 Å². The molecule has 0 saturated heterocycles. The SMILES string of the molecule is O=C(Cn1c2ccccc2n2c(=O)cc(-c3ccccn3)nc12)Nc1cc(F)ccc1F. The Kier molecular flexibility index (Phi) is 4.70. The summed E-state index contributed by atoms with van der Waals surface area (Å²) in [6.45, 7) is -0.273. The Hall–Kier alpha value is -4.40. The van der Waals surface area contributed by atoms with Crippen molar-refractivity contribution in [3.8, 4) is 11.4 Å². The molecule has 0 fully saturated rings. The molecule has 0 saturated carbocycles. The number of aromatic nitrogens is 4. The quantitative estimate of drug-likeness (QED) is 0.471. The Morgan fingerprint density at radius 3 is 2.50 bits per heavy atom. The van der Waals surface area contributed by atoms with Gasteiger partial charge in [-0.05, 0) is 36.4 Å². The van der Waals surface area contributed by atoms with Gasteiger partial charge in [-0.3, -0.25) is 14.6 Å². The van der Waals surface area contributed by atoms with Gasteiger partial charge in [-0.1, -0.05) is 18.2 Å². The summed E-state index contributed by atoms with van der Waals surface area (Å²) in [5.41, 5.74) is 1.42. The lowest BCUT2D eigenvalue weighted by Gasteiger charge is -2.09. The minimum Gasteiger partial charge on any atom is -0.322 e. The molecule has 5 rings (SSSR count). The van der Waals surface area contributed by atoms with E-state index in [2.05, 4.69) is 15.3 Å². The van der Waals surface area contributed by atoms with Crippen molar-refractivity contribution < 1.29 is 13.6 Å². The first-order chi connectivity index (χ1) is 15.5. The Labute approximate surface area is 179 Å². The highest BCUT2D eigenvalue weighted by Crippen LogP contribution is 2.21. The molecule has 1 N–H and O–H groups in total. The summed E-state index contributed by atoms with van der Waals surface area (Å²) < 4.78 is 30.4. The lowest BCUT2D eigenvalue weighted by atomic mass is 10.2. The van der Waals surface area contributed by atoms with Crippen molar-refractivity contribution in [2.24, 2.45) is 0 Å². The molecule has 1 amide bonds. The Balaban J connectivity index is 1.64. The molecule has 0 aliphatic rings. The van der Waals surface area contributed by atoms with Gasteiger partial charge in [-0.2, -0.15) is 0 Å². The number of imidazole rings is 1. The molecule has 0 bridgehead atoms. The lowest BCUT2D eigenvalue weighted by molar-refractivity contribution is -0.116. The normalized spacial score (nSPS) is 11.2. The monoisotopic (exact) mass is 431 g/mol. The summed E-state index contributed by atoms with van der Waals surface area (Å²) in [6.07, 6.45) is 1.59. The van der Waals surface area contributed by atoms with Gasteiger partial charge in [0.05, 0.1) is 28.1 Å². The zero-order valence-corrected chi connectivity index (χ0v) is 16.5. The highest BCUT2D eigenvalue weighted by Gasteiger charge is 2.18. The van der Waals surface area contributed by atoms with Crippen molar-refractivity contribution in [3.63, 3.8) is 0 Å². The second kappa shape index (κ2) is 7.69. The summed E-state index contributed by atoms with van der Waals surface area (Å²) >= 11 is 0. The number of carbonyl (C=O) groups is 1. The number of pyridine rings is 1. The van der Waals surface area contributed by atoms with Crippen molar-refractivity contribution in [1.29, 1.82) is 0 Å². The number of halogens is 2. The van der Waals surface area contributed by atoms with Crippen LogP contribution in [0.25, 0.3) is 28.2 Å². The number of benzene rings is 2. The zero-order chi connectivity index (χ0) is 22.2. The van der Waals surface area contributed by atoms with E-state index >= 15 is 0 Å². The number of anilines is 1. The number of nitrogens with zero attached hydrogens (tertiary/aromatic N) is 4. The van der Waals surface area contributed by atoms with E-state index < -0.39 is 17.5 Å². The Morgan fingerprint density at radius 1 is 0.938 bits per heavy atom. The van der Waals surface area contributed by atoms with Gasteiger partial charge in [-0.15, -0.1) is 0 Å². The van der Waals surface area contributed by atoms with E-state index in [9.17, 15) is 18.4 Å². The second-order valence-corrected chi connectivity index (χ2v) is 7.08. The number of para-hydroxylation sites is 2. The van der Waals surface area contributed by atoms with Crippen LogP contribution >= 0.6 is 0 Å². The predicted molar refractivity (Wildman–Crippen MR) is 115 cm³/mol. The van der Waals surface area contributed by atoms with Crippen LogP contribution in [-0.4, -0.2) is 24.8 Å². The first-order valence-electron chi connectivity index (χ1n) is 9.68. The van der Waals surface area contributed by atoms with Gasteiger partial charge >= 0.3 is 0 Å². The van der Waals surface area contributed by atoms with Gasteiger partial charge in [0.2, 0.25) is 11.7 Å². The number of fused-ring (bicyclic) bond motifs is 3. The fourth-order valence-corrected chi connectivity index (χ4v) is 3.59. The maximum absolute atomic E-state index is 14.0. The van der Waals surface area contributed by atoms with Crippen molar-refractivity contribution in [1.82, 2.24) is 18.9 Å². The maximum Gasteiger partial charge on any atom is 0.260 e. The topological polar surface area (TPSA) is 81.3 Å². The van der Waals surface area contributed by atoms with Crippen LogP contribution in [0.2, 0.25) is 0 Å². The van der Waals surface area contributed by atoms with Gasteiger partial charge in [0, 0.05) is 18.3 Å². The van der Waals surface area contributed by atoms with Crippen LogP contribution in [0.15, 0.2) is 77.7 Å². The highest BCUT2D eigenvalue weighted by molar-refractivity contribution is 5.93. The average Bonchev–Trinajstić information content (AvgIpc) is 3.11. The van der Waals surface area contributed by atoms with Gasteiger partial charge in [0.1, 0.15) is 18.2 Å². The van der Waals surface area contributed by atoms with E-state index in [0.29, 0.717) is 22.4 Å². The highest BCUT2D eigenvalue weighted by atomic mass is 19.1. The third-order valence-electron chi connectivity index (χ3n) is 4.99. The first kappa shape index (κ1) is 19.6. The molecule has 158 valence electrons. The third-order valence-corrected chi connectivity index (χ3v) is 4.99. The fraction of sp³-hybridized carbons (Fsp3) is 0.0435. The largest absolute Gasteiger partial charge is 0.322 e. The average molecular weight is 431 g/mol. The number of carbonyl (C=O) groups excluding carboxylic acids is 1. The molecule has 3 aromatic heterocycles.